The van der Waals surface area contributed by atoms with Gasteiger partial charge in [0.25, 0.3) is 0 Å². The summed E-state index contributed by atoms with van der Waals surface area (Å²) in [5, 5.41) is 3.64. The molecular weight excluding hydrogens is 210 g/mol. The van der Waals surface area contributed by atoms with E-state index in [1.165, 1.54) is 24.0 Å². The second-order valence-electron chi connectivity index (χ2n) is 5.23. The highest BCUT2D eigenvalue weighted by Gasteiger charge is 2.35. The molecule has 3 atom stereocenters. The normalized spacial score (nSPS) is 31.0. The standard InChI is InChI=1S/C15H21NO/c1-2-11-9-14(11)16-10-15-13-6-4-3-5-12(13)7-8-17-15/h3-6,11,14-16H,2,7-10H2,1H3. The van der Waals surface area contributed by atoms with Crippen molar-refractivity contribution in [3.63, 3.8) is 0 Å². The van der Waals surface area contributed by atoms with Crippen LogP contribution in [-0.4, -0.2) is 19.2 Å². The van der Waals surface area contributed by atoms with Gasteiger partial charge >= 0.3 is 0 Å². The smallest absolute Gasteiger partial charge is 0.0952 e. The molecule has 2 heteroatoms. The van der Waals surface area contributed by atoms with Crippen LogP contribution in [0.4, 0.5) is 0 Å². The Labute approximate surface area is 103 Å². The van der Waals surface area contributed by atoms with Gasteiger partial charge in [-0.3, -0.25) is 0 Å². The van der Waals surface area contributed by atoms with Gasteiger partial charge in [0.1, 0.15) is 0 Å². The van der Waals surface area contributed by atoms with Gasteiger partial charge in [-0.25, -0.2) is 0 Å². The van der Waals surface area contributed by atoms with E-state index in [2.05, 4.69) is 36.5 Å². The molecule has 92 valence electrons. The second-order valence-corrected chi connectivity index (χ2v) is 5.23. The molecule has 2 nitrogen and oxygen atoms in total. The van der Waals surface area contributed by atoms with Crippen LogP contribution in [0.1, 0.15) is 37.0 Å². The van der Waals surface area contributed by atoms with Gasteiger partial charge in [-0.15, -0.1) is 0 Å². The Bertz CT molecular complexity index is 390. The van der Waals surface area contributed by atoms with Gasteiger partial charge in [-0.05, 0) is 29.9 Å². The SMILES string of the molecule is CCC1CC1NCC1OCCc2ccccc21. The Kier molecular flexibility index (Phi) is 3.17. The van der Waals surface area contributed by atoms with Crippen molar-refractivity contribution in [3.8, 4) is 0 Å². The van der Waals surface area contributed by atoms with Crippen LogP contribution in [0.2, 0.25) is 0 Å². The van der Waals surface area contributed by atoms with Crippen LogP contribution < -0.4 is 5.32 Å². The van der Waals surface area contributed by atoms with E-state index in [0.717, 1.165) is 31.5 Å². The molecule has 2 aliphatic rings. The van der Waals surface area contributed by atoms with E-state index in [4.69, 9.17) is 4.74 Å². The maximum atomic E-state index is 5.89. The van der Waals surface area contributed by atoms with Crippen molar-refractivity contribution in [1.82, 2.24) is 5.32 Å². The Morgan fingerprint density at radius 3 is 3.06 bits per heavy atom. The molecule has 1 aliphatic heterocycles. The van der Waals surface area contributed by atoms with Crippen molar-refractivity contribution in [2.45, 2.75) is 38.3 Å². The third kappa shape index (κ3) is 2.38. The second kappa shape index (κ2) is 4.79. The molecule has 1 fully saturated rings. The summed E-state index contributed by atoms with van der Waals surface area (Å²) in [6.07, 6.45) is 3.98. The lowest BCUT2D eigenvalue weighted by atomic mass is 9.97. The van der Waals surface area contributed by atoms with E-state index in [-0.39, 0.29) is 6.10 Å². The summed E-state index contributed by atoms with van der Waals surface area (Å²) < 4.78 is 5.89. The molecule has 1 saturated carbocycles. The third-order valence-electron chi connectivity index (χ3n) is 4.10. The van der Waals surface area contributed by atoms with Gasteiger partial charge in [0, 0.05) is 12.6 Å². The average Bonchev–Trinajstić information content (AvgIpc) is 3.15. The van der Waals surface area contributed by atoms with Crippen LogP contribution in [0.5, 0.6) is 0 Å². The predicted octanol–water partition coefficient (Wildman–Crippen LogP) is 2.69. The molecule has 0 bridgehead atoms. The van der Waals surface area contributed by atoms with Gasteiger partial charge in [-0.2, -0.15) is 0 Å². The first kappa shape index (κ1) is 11.2. The Balaban J connectivity index is 1.61. The zero-order valence-electron chi connectivity index (χ0n) is 10.5. The number of benzene rings is 1. The van der Waals surface area contributed by atoms with E-state index < -0.39 is 0 Å². The lowest BCUT2D eigenvalue weighted by Crippen LogP contribution is -2.29. The van der Waals surface area contributed by atoms with E-state index in [9.17, 15) is 0 Å². The summed E-state index contributed by atoms with van der Waals surface area (Å²) >= 11 is 0. The molecule has 3 rings (SSSR count). The molecule has 0 radical (unpaired) electrons. The van der Waals surface area contributed by atoms with Crippen molar-refractivity contribution in [2.24, 2.45) is 5.92 Å². The largest absolute Gasteiger partial charge is 0.372 e. The molecule has 0 spiro atoms. The summed E-state index contributed by atoms with van der Waals surface area (Å²) in [5.41, 5.74) is 2.85. The Hall–Kier alpha value is -0.860. The fourth-order valence-corrected chi connectivity index (χ4v) is 2.85. The van der Waals surface area contributed by atoms with E-state index in [1.54, 1.807) is 0 Å². The minimum atomic E-state index is 0.262. The predicted molar refractivity (Wildman–Crippen MR) is 69.0 cm³/mol. The summed E-state index contributed by atoms with van der Waals surface area (Å²) in [7, 11) is 0. The fraction of sp³-hybridized carbons (Fsp3) is 0.600. The topological polar surface area (TPSA) is 21.3 Å². The highest BCUT2D eigenvalue weighted by molar-refractivity contribution is 5.31. The van der Waals surface area contributed by atoms with Crippen molar-refractivity contribution in [2.75, 3.05) is 13.2 Å². The van der Waals surface area contributed by atoms with Crippen LogP contribution in [0.3, 0.4) is 0 Å². The van der Waals surface area contributed by atoms with Gasteiger partial charge in [0.05, 0.1) is 12.7 Å². The Morgan fingerprint density at radius 1 is 1.35 bits per heavy atom. The minimum absolute atomic E-state index is 0.262. The molecule has 1 aliphatic carbocycles. The molecule has 0 saturated heterocycles. The molecule has 0 amide bonds. The molecular formula is C15H21NO. The fourth-order valence-electron chi connectivity index (χ4n) is 2.85. The number of fused-ring (bicyclic) bond motifs is 1. The Morgan fingerprint density at radius 2 is 2.24 bits per heavy atom. The lowest BCUT2D eigenvalue weighted by molar-refractivity contribution is 0.0421. The van der Waals surface area contributed by atoms with Crippen LogP contribution in [-0.2, 0) is 11.2 Å². The number of ether oxygens (including phenoxy) is 1. The van der Waals surface area contributed by atoms with Gasteiger partial charge in [0.15, 0.2) is 0 Å². The van der Waals surface area contributed by atoms with Crippen molar-refractivity contribution >= 4 is 0 Å². The van der Waals surface area contributed by atoms with Crippen molar-refractivity contribution < 1.29 is 4.74 Å². The molecule has 1 heterocycles. The van der Waals surface area contributed by atoms with E-state index >= 15 is 0 Å². The van der Waals surface area contributed by atoms with Crippen LogP contribution in [0, 0.1) is 5.92 Å². The molecule has 1 aromatic carbocycles. The van der Waals surface area contributed by atoms with Gasteiger partial charge in [0.2, 0.25) is 0 Å². The molecule has 1 aromatic rings. The quantitative estimate of drug-likeness (QED) is 0.860. The van der Waals surface area contributed by atoms with Crippen LogP contribution in [0.15, 0.2) is 24.3 Å². The first-order valence-corrected chi connectivity index (χ1v) is 6.81. The third-order valence-corrected chi connectivity index (χ3v) is 4.10. The zero-order valence-corrected chi connectivity index (χ0v) is 10.5. The molecule has 1 N–H and O–H groups in total. The average molecular weight is 231 g/mol. The summed E-state index contributed by atoms with van der Waals surface area (Å²) in [6, 6.07) is 9.44. The van der Waals surface area contributed by atoms with Gasteiger partial charge in [-0.1, -0.05) is 37.6 Å². The molecule has 17 heavy (non-hydrogen) atoms. The zero-order chi connectivity index (χ0) is 11.7. The van der Waals surface area contributed by atoms with E-state index in [0.29, 0.717) is 0 Å². The molecule has 0 aromatic heterocycles. The number of nitrogens with one attached hydrogen (secondary N) is 1. The number of hydrogen-bond acceptors (Lipinski definition) is 2. The van der Waals surface area contributed by atoms with Crippen molar-refractivity contribution in [3.05, 3.63) is 35.4 Å². The summed E-state index contributed by atoms with van der Waals surface area (Å²) in [6.45, 7) is 4.11. The van der Waals surface area contributed by atoms with Crippen molar-refractivity contribution in [1.29, 1.82) is 0 Å². The monoisotopic (exact) mass is 231 g/mol. The first-order chi connectivity index (χ1) is 8.38. The van der Waals surface area contributed by atoms with E-state index in [1.807, 2.05) is 0 Å². The highest BCUT2D eigenvalue weighted by Crippen LogP contribution is 2.34. The maximum Gasteiger partial charge on any atom is 0.0952 e. The van der Waals surface area contributed by atoms with Crippen LogP contribution in [0.25, 0.3) is 0 Å². The maximum absolute atomic E-state index is 5.89. The summed E-state index contributed by atoms with van der Waals surface area (Å²) in [5.74, 6) is 0.911. The van der Waals surface area contributed by atoms with Crippen LogP contribution >= 0.6 is 0 Å². The number of hydrogen-bond donors (Lipinski definition) is 1. The molecule has 3 unspecified atom stereocenters. The minimum Gasteiger partial charge on any atom is -0.372 e. The summed E-state index contributed by atoms with van der Waals surface area (Å²) in [4.78, 5) is 0. The first-order valence-electron chi connectivity index (χ1n) is 6.81. The highest BCUT2D eigenvalue weighted by atomic mass is 16.5. The lowest BCUT2D eigenvalue weighted by Gasteiger charge is -2.26. The van der Waals surface area contributed by atoms with Gasteiger partial charge < -0.3 is 10.1 Å². The number of rotatable bonds is 4.